The molecule has 0 saturated carbocycles. The third-order valence-electron chi connectivity index (χ3n) is 7.89. The maximum Gasteiger partial charge on any atom is 0.243 e. The molecule has 3 unspecified atom stereocenters. The van der Waals surface area contributed by atoms with Gasteiger partial charge in [-0.25, -0.2) is 21.6 Å². The van der Waals surface area contributed by atoms with Crippen LogP contribution in [0.5, 0.6) is 0 Å². The molecule has 0 aliphatic carbocycles. The molecule has 2 aromatic rings. The van der Waals surface area contributed by atoms with E-state index in [4.69, 9.17) is 4.74 Å². The second-order valence-corrected chi connectivity index (χ2v) is 14.1. The number of nitrogens with zero attached hydrogens (tertiary/aromatic N) is 2. The van der Waals surface area contributed by atoms with Gasteiger partial charge in [-0.1, -0.05) is 49.0 Å². The maximum absolute atomic E-state index is 13.8. The molecule has 3 saturated heterocycles. The topological polar surface area (TPSA) is 113 Å². The molecule has 11 heteroatoms. The van der Waals surface area contributed by atoms with E-state index < -0.39 is 32.0 Å². The fourth-order valence-corrected chi connectivity index (χ4v) is 8.06. The Hall–Kier alpha value is -2.57. The van der Waals surface area contributed by atoms with E-state index in [1.165, 1.54) is 4.31 Å². The zero-order valence-corrected chi connectivity index (χ0v) is 23.4. The van der Waals surface area contributed by atoms with Crippen LogP contribution in [-0.2, 0) is 36.0 Å². The first-order valence-corrected chi connectivity index (χ1v) is 16.4. The molecule has 3 fully saturated rings. The van der Waals surface area contributed by atoms with Crippen molar-refractivity contribution in [3.05, 3.63) is 77.7 Å². The van der Waals surface area contributed by atoms with Crippen molar-refractivity contribution >= 4 is 26.0 Å². The molecule has 1 N–H and O–H groups in total. The number of amides is 1. The van der Waals surface area contributed by atoms with Gasteiger partial charge in [-0.15, -0.1) is 0 Å². The van der Waals surface area contributed by atoms with Crippen LogP contribution in [0.25, 0.3) is 0 Å². The third-order valence-corrected chi connectivity index (χ3v) is 10.9. The van der Waals surface area contributed by atoms with Gasteiger partial charge in [0.1, 0.15) is 0 Å². The molecule has 3 aliphatic heterocycles. The van der Waals surface area contributed by atoms with Gasteiger partial charge >= 0.3 is 0 Å². The lowest BCUT2D eigenvalue weighted by molar-refractivity contribution is -0.141. The zero-order chi connectivity index (χ0) is 27.6. The van der Waals surface area contributed by atoms with Crippen LogP contribution in [0.4, 0.5) is 0 Å². The molecular weight excluding hydrogens is 538 g/mol. The van der Waals surface area contributed by atoms with Crippen molar-refractivity contribution in [2.75, 3.05) is 26.2 Å². The molecule has 9 nitrogen and oxygen atoms in total. The Morgan fingerprint density at radius 3 is 2.31 bits per heavy atom. The van der Waals surface area contributed by atoms with Crippen LogP contribution in [0, 0.1) is 0 Å². The number of ether oxygens (including phenoxy) is 1. The van der Waals surface area contributed by atoms with Crippen LogP contribution in [0.3, 0.4) is 0 Å². The highest BCUT2D eigenvalue weighted by Gasteiger charge is 2.39. The normalized spacial score (nSPS) is 24.5. The van der Waals surface area contributed by atoms with Gasteiger partial charge in [0.25, 0.3) is 0 Å². The van der Waals surface area contributed by atoms with E-state index in [0.717, 1.165) is 29.4 Å². The number of hydrogen-bond donors (Lipinski definition) is 1. The Labute approximate surface area is 230 Å². The molecule has 2 aromatic carbocycles. The number of carbonyl (C=O) groups excluding carboxylic acids is 1. The molecule has 0 radical (unpaired) electrons. The van der Waals surface area contributed by atoms with Crippen molar-refractivity contribution in [1.29, 1.82) is 0 Å². The van der Waals surface area contributed by atoms with Crippen molar-refractivity contribution < 1.29 is 26.4 Å². The number of benzene rings is 2. The molecule has 3 aliphatic rings. The van der Waals surface area contributed by atoms with Gasteiger partial charge in [0.05, 0.1) is 23.0 Å². The number of rotatable bonds is 10. The Balaban J connectivity index is 1.37. The standard InChI is InChI=1S/C28H35N3O6S2/c1-2-38(33,34)29-18-23-9-6-16-31(23)39(35,36)26-14-10-22(11-15-26)27(17-21-7-4-3-5-8-21)28(32)30-19-24-12-13-25(20-30)37-24/h2-5,7-8,10-11,14-15,23-25,27,29H,1,6,9,12-13,16-20H2/t23-,24?,25?,27?/m1/s1. The van der Waals surface area contributed by atoms with Crippen LogP contribution in [0.1, 0.15) is 42.7 Å². The lowest BCUT2D eigenvalue weighted by atomic mass is 9.90. The molecule has 39 heavy (non-hydrogen) atoms. The summed E-state index contributed by atoms with van der Waals surface area (Å²) in [7, 11) is -7.50. The largest absolute Gasteiger partial charge is 0.371 e. The van der Waals surface area contributed by atoms with Gasteiger partial charge < -0.3 is 9.64 Å². The quantitative estimate of drug-likeness (QED) is 0.468. The van der Waals surface area contributed by atoms with Gasteiger partial charge in [0.2, 0.25) is 26.0 Å². The Morgan fingerprint density at radius 1 is 1.00 bits per heavy atom. The highest BCUT2D eigenvalue weighted by atomic mass is 32.2. The van der Waals surface area contributed by atoms with Gasteiger partial charge in [-0.2, -0.15) is 4.31 Å². The number of morpholine rings is 1. The molecule has 2 bridgehead atoms. The van der Waals surface area contributed by atoms with Crippen molar-refractivity contribution in [2.24, 2.45) is 0 Å². The molecule has 5 rings (SSSR count). The fourth-order valence-electron chi connectivity index (χ4n) is 5.82. The smallest absolute Gasteiger partial charge is 0.243 e. The number of sulfonamides is 2. The van der Waals surface area contributed by atoms with E-state index in [-0.39, 0.29) is 29.6 Å². The summed E-state index contributed by atoms with van der Waals surface area (Å²) < 4.78 is 60.3. The lowest BCUT2D eigenvalue weighted by Gasteiger charge is -2.34. The lowest BCUT2D eigenvalue weighted by Crippen LogP contribution is -2.47. The summed E-state index contributed by atoms with van der Waals surface area (Å²) in [6.07, 6.45) is 3.83. The van der Waals surface area contributed by atoms with Crippen LogP contribution in [0.15, 0.2) is 71.5 Å². The van der Waals surface area contributed by atoms with Gasteiger partial charge in [-0.3, -0.25) is 4.79 Å². The molecule has 0 spiro atoms. The summed E-state index contributed by atoms with van der Waals surface area (Å²) in [4.78, 5) is 15.8. The molecule has 0 aromatic heterocycles. The first-order chi connectivity index (χ1) is 18.7. The van der Waals surface area contributed by atoms with E-state index >= 15 is 0 Å². The minimum absolute atomic E-state index is 0.0130. The van der Waals surface area contributed by atoms with Crippen LogP contribution < -0.4 is 4.72 Å². The summed E-state index contributed by atoms with van der Waals surface area (Å²) in [5.41, 5.74) is 1.80. The van der Waals surface area contributed by atoms with E-state index in [1.54, 1.807) is 24.3 Å². The molecule has 3 heterocycles. The van der Waals surface area contributed by atoms with Gasteiger partial charge in [0, 0.05) is 37.6 Å². The van der Waals surface area contributed by atoms with E-state index in [1.807, 2.05) is 35.2 Å². The van der Waals surface area contributed by atoms with Crippen molar-refractivity contribution in [1.82, 2.24) is 13.9 Å². The van der Waals surface area contributed by atoms with Crippen LogP contribution >= 0.6 is 0 Å². The Morgan fingerprint density at radius 2 is 1.67 bits per heavy atom. The summed E-state index contributed by atoms with van der Waals surface area (Å²) in [6, 6.07) is 15.9. The van der Waals surface area contributed by atoms with Crippen molar-refractivity contribution in [2.45, 2.75) is 61.2 Å². The summed E-state index contributed by atoms with van der Waals surface area (Å²) in [5.74, 6) is -0.418. The van der Waals surface area contributed by atoms with E-state index in [9.17, 15) is 21.6 Å². The summed E-state index contributed by atoms with van der Waals surface area (Å²) in [5, 5.41) is 0.814. The highest BCUT2D eigenvalue weighted by Crippen LogP contribution is 2.32. The predicted molar refractivity (Wildman–Crippen MR) is 148 cm³/mol. The average Bonchev–Trinajstić information content (AvgIpc) is 3.57. The molecular formula is C28H35N3O6S2. The average molecular weight is 574 g/mol. The Bertz CT molecular complexity index is 1380. The monoisotopic (exact) mass is 573 g/mol. The van der Waals surface area contributed by atoms with Crippen LogP contribution in [-0.4, -0.2) is 76.4 Å². The van der Waals surface area contributed by atoms with E-state index in [0.29, 0.717) is 38.9 Å². The fraction of sp³-hybridized carbons (Fsp3) is 0.464. The van der Waals surface area contributed by atoms with Crippen molar-refractivity contribution in [3.8, 4) is 0 Å². The SMILES string of the molecule is C=CS(=O)(=O)NC[C@H]1CCCN1S(=O)(=O)c1ccc(C(Cc2ccccc2)C(=O)N2CC3CCC(C2)O3)cc1. The number of carbonyl (C=O) groups is 1. The van der Waals surface area contributed by atoms with Crippen molar-refractivity contribution in [3.63, 3.8) is 0 Å². The molecule has 210 valence electrons. The number of nitrogens with one attached hydrogen (secondary N) is 1. The molecule has 1 amide bonds. The Kier molecular flexibility index (Phi) is 8.25. The minimum atomic E-state index is -3.85. The predicted octanol–water partition coefficient (Wildman–Crippen LogP) is 2.62. The van der Waals surface area contributed by atoms with Gasteiger partial charge in [-0.05, 0) is 55.4 Å². The van der Waals surface area contributed by atoms with Crippen LogP contribution in [0.2, 0.25) is 0 Å². The first kappa shape index (κ1) is 28.0. The number of hydrogen-bond acceptors (Lipinski definition) is 6. The van der Waals surface area contributed by atoms with Gasteiger partial charge in [0.15, 0.2) is 0 Å². The molecule has 4 atom stereocenters. The first-order valence-electron chi connectivity index (χ1n) is 13.4. The minimum Gasteiger partial charge on any atom is -0.371 e. The summed E-state index contributed by atoms with van der Waals surface area (Å²) >= 11 is 0. The zero-order valence-electron chi connectivity index (χ0n) is 21.8. The second-order valence-electron chi connectivity index (χ2n) is 10.5. The third kappa shape index (κ3) is 6.28. The number of likely N-dealkylation sites (tertiary alicyclic amines) is 1. The number of fused-ring (bicyclic) bond motifs is 2. The second kappa shape index (κ2) is 11.5. The highest BCUT2D eigenvalue weighted by molar-refractivity contribution is 7.92. The summed E-state index contributed by atoms with van der Waals surface area (Å²) in [6.45, 7) is 4.75. The van der Waals surface area contributed by atoms with E-state index in [2.05, 4.69) is 11.3 Å². The maximum atomic E-state index is 13.8.